The number of aromatic nitrogens is 4. The van der Waals surface area contributed by atoms with Crippen LogP contribution in [0.2, 0.25) is 0 Å². The highest BCUT2D eigenvalue weighted by Crippen LogP contribution is 2.12. The van der Waals surface area contributed by atoms with Crippen molar-refractivity contribution < 1.29 is 0 Å². The first-order chi connectivity index (χ1) is 6.75. The van der Waals surface area contributed by atoms with Crippen LogP contribution < -0.4 is 5.32 Å². The zero-order chi connectivity index (χ0) is 9.97. The van der Waals surface area contributed by atoms with E-state index in [-0.39, 0.29) is 0 Å². The predicted molar refractivity (Wildman–Crippen MR) is 53.3 cm³/mol. The van der Waals surface area contributed by atoms with Crippen molar-refractivity contribution in [1.29, 1.82) is 0 Å². The van der Waals surface area contributed by atoms with E-state index in [1.807, 2.05) is 26.2 Å². The van der Waals surface area contributed by atoms with Crippen molar-refractivity contribution in [1.82, 2.24) is 19.7 Å². The Morgan fingerprint density at radius 3 is 2.71 bits per heavy atom. The lowest BCUT2D eigenvalue weighted by Crippen LogP contribution is -1.99. The van der Waals surface area contributed by atoms with Gasteiger partial charge in [0, 0.05) is 31.7 Å². The van der Waals surface area contributed by atoms with Gasteiger partial charge in [0.15, 0.2) is 11.6 Å². The third-order valence-corrected chi connectivity index (χ3v) is 1.84. The number of anilines is 2. The molecular formula is C9H11N5. The maximum Gasteiger partial charge on any atom is 0.153 e. The summed E-state index contributed by atoms with van der Waals surface area (Å²) in [5.74, 6) is 1.52. The van der Waals surface area contributed by atoms with Crippen LogP contribution in [0, 0.1) is 6.92 Å². The zero-order valence-electron chi connectivity index (χ0n) is 8.10. The molecule has 72 valence electrons. The van der Waals surface area contributed by atoms with Gasteiger partial charge in [-0.05, 0) is 6.92 Å². The van der Waals surface area contributed by atoms with Crippen molar-refractivity contribution in [3.8, 4) is 0 Å². The normalized spacial score (nSPS) is 10.1. The van der Waals surface area contributed by atoms with Crippen molar-refractivity contribution in [2.45, 2.75) is 6.92 Å². The van der Waals surface area contributed by atoms with Gasteiger partial charge in [-0.2, -0.15) is 5.10 Å². The fourth-order valence-corrected chi connectivity index (χ4v) is 1.13. The predicted octanol–water partition coefficient (Wildman–Crippen LogP) is 1.26. The van der Waals surface area contributed by atoms with Gasteiger partial charge in [-0.15, -0.1) is 0 Å². The number of rotatable bonds is 2. The molecule has 0 fully saturated rings. The van der Waals surface area contributed by atoms with Gasteiger partial charge in [-0.3, -0.25) is 9.67 Å². The summed E-state index contributed by atoms with van der Waals surface area (Å²) in [4.78, 5) is 8.28. The van der Waals surface area contributed by atoms with Crippen molar-refractivity contribution in [3.05, 3.63) is 30.4 Å². The summed E-state index contributed by atoms with van der Waals surface area (Å²) in [5, 5.41) is 7.27. The second kappa shape index (κ2) is 3.45. The Hall–Kier alpha value is -1.91. The topological polar surface area (TPSA) is 55.6 Å². The Kier molecular flexibility index (Phi) is 2.14. The van der Waals surface area contributed by atoms with E-state index in [1.165, 1.54) is 0 Å². The molecule has 0 saturated carbocycles. The minimum Gasteiger partial charge on any atom is -0.322 e. The molecule has 1 N–H and O–H groups in total. The number of nitrogens with one attached hydrogen (secondary N) is 1. The van der Waals surface area contributed by atoms with Crippen LogP contribution in [0.1, 0.15) is 5.69 Å². The highest BCUT2D eigenvalue weighted by atomic mass is 15.3. The minimum absolute atomic E-state index is 0.742. The summed E-state index contributed by atoms with van der Waals surface area (Å²) in [6.45, 7) is 1.90. The summed E-state index contributed by atoms with van der Waals surface area (Å²) in [6, 6.07) is 1.88. The Bertz CT molecular complexity index is 434. The summed E-state index contributed by atoms with van der Waals surface area (Å²) >= 11 is 0. The third kappa shape index (κ3) is 1.71. The SMILES string of the molecule is Cc1nccnc1Nc1ccn(C)n1. The average molecular weight is 189 g/mol. The van der Waals surface area contributed by atoms with Gasteiger partial charge in [0.1, 0.15) is 0 Å². The maximum atomic E-state index is 4.18. The molecule has 14 heavy (non-hydrogen) atoms. The van der Waals surface area contributed by atoms with Crippen LogP contribution in [0.5, 0.6) is 0 Å². The molecule has 0 aliphatic rings. The van der Waals surface area contributed by atoms with Crippen LogP contribution in [-0.2, 0) is 7.05 Å². The maximum absolute atomic E-state index is 4.18. The average Bonchev–Trinajstić information content (AvgIpc) is 2.56. The Morgan fingerprint density at radius 2 is 2.07 bits per heavy atom. The molecule has 0 aliphatic heterocycles. The van der Waals surface area contributed by atoms with Gasteiger partial charge in [0.2, 0.25) is 0 Å². The monoisotopic (exact) mass is 189 g/mol. The van der Waals surface area contributed by atoms with Gasteiger partial charge in [0.25, 0.3) is 0 Å². The number of nitrogens with zero attached hydrogens (tertiary/aromatic N) is 4. The fourth-order valence-electron chi connectivity index (χ4n) is 1.13. The van der Waals surface area contributed by atoms with Gasteiger partial charge >= 0.3 is 0 Å². The molecule has 0 amide bonds. The first-order valence-electron chi connectivity index (χ1n) is 4.30. The first-order valence-corrected chi connectivity index (χ1v) is 4.30. The van der Waals surface area contributed by atoms with Crippen LogP contribution in [0.4, 0.5) is 11.6 Å². The van der Waals surface area contributed by atoms with E-state index < -0.39 is 0 Å². The van der Waals surface area contributed by atoms with Crippen molar-refractivity contribution in [2.75, 3.05) is 5.32 Å². The van der Waals surface area contributed by atoms with Crippen molar-refractivity contribution >= 4 is 11.6 Å². The summed E-state index contributed by atoms with van der Waals surface area (Å²) < 4.78 is 1.73. The van der Waals surface area contributed by atoms with E-state index in [0.29, 0.717) is 0 Å². The molecule has 5 nitrogen and oxygen atoms in total. The molecule has 2 aromatic rings. The Balaban J connectivity index is 2.23. The van der Waals surface area contributed by atoms with E-state index in [4.69, 9.17) is 0 Å². The summed E-state index contributed by atoms with van der Waals surface area (Å²) in [6.07, 6.45) is 5.19. The molecule has 0 unspecified atom stereocenters. The lowest BCUT2D eigenvalue weighted by Gasteiger charge is -2.03. The van der Waals surface area contributed by atoms with Crippen LogP contribution in [0.25, 0.3) is 0 Å². The van der Waals surface area contributed by atoms with E-state index >= 15 is 0 Å². The minimum atomic E-state index is 0.742. The number of aryl methyl sites for hydroxylation is 2. The highest BCUT2D eigenvalue weighted by molar-refractivity contribution is 5.52. The zero-order valence-corrected chi connectivity index (χ0v) is 8.10. The lowest BCUT2D eigenvalue weighted by atomic mass is 10.4. The van der Waals surface area contributed by atoms with Crippen LogP contribution in [-0.4, -0.2) is 19.7 Å². The molecule has 2 heterocycles. The molecule has 0 aromatic carbocycles. The van der Waals surface area contributed by atoms with Crippen LogP contribution in [0.15, 0.2) is 24.7 Å². The molecule has 0 radical (unpaired) electrons. The van der Waals surface area contributed by atoms with E-state index in [2.05, 4.69) is 20.4 Å². The van der Waals surface area contributed by atoms with E-state index in [0.717, 1.165) is 17.3 Å². The van der Waals surface area contributed by atoms with Crippen LogP contribution >= 0.6 is 0 Å². The van der Waals surface area contributed by atoms with Crippen LogP contribution in [0.3, 0.4) is 0 Å². The molecule has 0 atom stereocenters. The third-order valence-electron chi connectivity index (χ3n) is 1.84. The number of hydrogen-bond acceptors (Lipinski definition) is 4. The van der Waals surface area contributed by atoms with Gasteiger partial charge < -0.3 is 5.32 Å². The molecule has 0 saturated heterocycles. The smallest absolute Gasteiger partial charge is 0.153 e. The second-order valence-corrected chi connectivity index (χ2v) is 2.99. The first kappa shape index (κ1) is 8.68. The van der Waals surface area contributed by atoms with E-state index in [9.17, 15) is 0 Å². The lowest BCUT2D eigenvalue weighted by molar-refractivity contribution is 0.771. The Labute approximate surface area is 81.8 Å². The molecule has 2 aromatic heterocycles. The number of hydrogen-bond donors (Lipinski definition) is 1. The Morgan fingerprint density at radius 1 is 1.29 bits per heavy atom. The molecule has 2 rings (SSSR count). The fraction of sp³-hybridized carbons (Fsp3) is 0.222. The van der Waals surface area contributed by atoms with Gasteiger partial charge in [-0.25, -0.2) is 4.98 Å². The molecular weight excluding hydrogens is 178 g/mol. The largest absolute Gasteiger partial charge is 0.322 e. The molecule has 5 heteroatoms. The molecule has 0 spiro atoms. The summed E-state index contributed by atoms with van der Waals surface area (Å²) in [5.41, 5.74) is 0.859. The van der Waals surface area contributed by atoms with Crippen molar-refractivity contribution in [2.24, 2.45) is 7.05 Å². The second-order valence-electron chi connectivity index (χ2n) is 2.99. The molecule has 0 aliphatic carbocycles. The van der Waals surface area contributed by atoms with Gasteiger partial charge in [-0.1, -0.05) is 0 Å². The highest BCUT2D eigenvalue weighted by Gasteiger charge is 2.01. The summed E-state index contributed by atoms with van der Waals surface area (Å²) in [7, 11) is 1.87. The van der Waals surface area contributed by atoms with Crippen molar-refractivity contribution in [3.63, 3.8) is 0 Å². The van der Waals surface area contributed by atoms with E-state index in [1.54, 1.807) is 17.1 Å². The molecule has 0 bridgehead atoms. The standard InChI is InChI=1S/C9H11N5/c1-7-9(11-5-4-10-7)12-8-3-6-14(2)13-8/h3-6H,1-2H3,(H,11,12,13). The quantitative estimate of drug-likeness (QED) is 0.772. The van der Waals surface area contributed by atoms with Gasteiger partial charge in [0.05, 0.1) is 5.69 Å².